The van der Waals surface area contributed by atoms with Crippen molar-refractivity contribution in [3.63, 3.8) is 0 Å². The van der Waals surface area contributed by atoms with Gasteiger partial charge in [0.15, 0.2) is 9.75 Å². The number of aliphatic hydroxyl groups excluding tert-OH is 1. The number of aromatic nitrogens is 2. The van der Waals surface area contributed by atoms with E-state index in [9.17, 15) is 18.3 Å². The number of anilines is 1. The summed E-state index contributed by atoms with van der Waals surface area (Å²) in [6, 6.07) is 4.70. The zero-order valence-corrected chi connectivity index (χ0v) is 25.7. The molecule has 1 aromatic carbocycles. The van der Waals surface area contributed by atoms with Crippen molar-refractivity contribution in [2.24, 2.45) is 0 Å². The number of aliphatic hydroxyl groups is 1. The molecule has 3 aromatic rings. The number of β-amino-alcohol motifs (C(OH)–C–C–N with tert-alkyl or cyclic N) is 1. The number of likely N-dealkylation sites (tertiary alicyclic amines) is 1. The summed E-state index contributed by atoms with van der Waals surface area (Å²) in [6.45, 7) is -0.173. The third-order valence-corrected chi connectivity index (χ3v) is 10.6. The Labute approximate surface area is 251 Å². The average Bonchev–Trinajstić information content (AvgIpc) is 3.67. The summed E-state index contributed by atoms with van der Waals surface area (Å²) in [5, 5.41) is 12.6. The lowest BCUT2D eigenvalue weighted by atomic mass is 9.82. The smallest absolute Gasteiger partial charge is 0.319 e. The summed E-state index contributed by atoms with van der Waals surface area (Å²) in [4.78, 5) is 39.9. The summed E-state index contributed by atoms with van der Waals surface area (Å²) in [6.07, 6.45) is 0.239. The van der Waals surface area contributed by atoms with Gasteiger partial charge in [-0.25, -0.2) is 4.98 Å². The van der Waals surface area contributed by atoms with Gasteiger partial charge in [0.25, 0.3) is 15.9 Å². The highest BCUT2D eigenvalue weighted by Gasteiger charge is 2.64. The lowest BCUT2D eigenvalue weighted by molar-refractivity contribution is -0.138. The van der Waals surface area contributed by atoms with Gasteiger partial charge in [-0.15, -0.1) is 11.3 Å². The van der Waals surface area contributed by atoms with Gasteiger partial charge in [0.1, 0.15) is 5.75 Å². The van der Waals surface area contributed by atoms with Crippen LogP contribution in [0.2, 0.25) is 5.02 Å². The van der Waals surface area contributed by atoms with Crippen molar-refractivity contribution in [2.45, 2.75) is 28.3 Å². The molecule has 16 heteroatoms. The molecule has 2 amide bonds. The van der Waals surface area contributed by atoms with Gasteiger partial charge >= 0.3 is 6.01 Å². The highest BCUT2D eigenvalue weighted by atomic mass is 35.5. The van der Waals surface area contributed by atoms with Crippen LogP contribution in [0.5, 0.6) is 17.6 Å². The van der Waals surface area contributed by atoms with Crippen molar-refractivity contribution in [3.05, 3.63) is 52.0 Å². The molecule has 1 saturated heterocycles. The van der Waals surface area contributed by atoms with Crippen molar-refractivity contribution in [2.75, 3.05) is 46.3 Å². The maximum absolute atomic E-state index is 15.1. The van der Waals surface area contributed by atoms with Crippen LogP contribution in [0.25, 0.3) is 0 Å². The number of hydrogen-bond donors (Lipinski definition) is 1. The van der Waals surface area contributed by atoms with Crippen molar-refractivity contribution in [1.82, 2.24) is 19.8 Å². The lowest BCUT2D eigenvalue weighted by Gasteiger charge is -2.41. The van der Waals surface area contributed by atoms with Crippen molar-refractivity contribution >= 4 is 50.5 Å². The molecule has 3 atom stereocenters. The van der Waals surface area contributed by atoms with Crippen molar-refractivity contribution < 1.29 is 37.3 Å². The second-order valence-electron chi connectivity index (χ2n) is 9.79. The number of benzene rings is 1. The second kappa shape index (κ2) is 11.0. The minimum atomic E-state index is -4.58. The van der Waals surface area contributed by atoms with Gasteiger partial charge in [-0.2, -0.15) is 17.7 Å². The van der Waals surface area contributed by atoms with Gasteiger partial charge in [0, 0.05) is 37.4 Å². The van der Waals surface area contributed by atoms with E-state index in [1.807, 2.05) is 0 Å². The summed E-state index contributed by atoms with van der Waals surface area (Å²) in [5.41, 5.74) is -1.92. The first-order chi connectivity index (χ1) is 19.9. The average molecular weight is 638 g/mol. The number of likely N-dealkylation sites (N-methyl/N-ethyl adjacent to an activating group) is 1. The Bertz CT molecular complexity index is 1670. The Morgan fingerprint density at radius 2 is 1.90 bits per heavy atom. The molecule has 0 saturated carbocycles. The van der Waals surface area contributed by atoms with E-state index in [0.29, 0.717) is 4.31 Å². The van der Waals surface area contributed by atoms with E-state index in [2.05, 4.69) is 9.97 Å². The zero-order chi connectivity index (χ0) is 30.6. The molecule has 1 unspecified atom stereocenters. The predicted molar refractivity (Wildman–Crippen MR) is 153 cm³/mol. The van der Waals surface area contributed by atoms with Crippen LogP contribution in [0, 0.1) is 0 Å². The van der Waals surface area contributed by atoms with Crippen LogP contribution >= 0.6 is 22.9 Å². The maximum Gasteiger partial charge on any atom is 0.319 e. The van der Waals surface area contributed by atoms with Crippen LogP contribution in [-0.2, 0) is 25.2 Å². The summed E-state index contributed by atoms with van der Waals surface area (Å²) < 4.78 is 45.1. The number of halogens is 1. The minimum Gasteiger partial charge on any atom is -0.494 e. The molecule has 1 fully saturated rings. The molecule has 0 aliphatic carbocycles. The summed E-state index contributed by atoms with van der Waals surface area (Å²) in [7, 11) is 2.53. The Kier molecular flexibility index (Phi) is 7.83. The number of sulfonamides is 1. The van der Waals surface area contributed by atoms with Crippen LogP contribution in [-0.4, -0.2) is 99.2 Å². The fourth-order valence-electron chi connectivity index (χ4n) is 5.55. The molecular formula is C26H28ClN5O8S2. The van der Waals surface area contributed by atoms with Crippen molar-refractivity contribution in [1.29, 1.82) is 0 Å². The molecule has 0 radical (unpaired) electrons. The van der Waals surface area contributed by atoms with E-state index in [1.54, 1.807) is 14.1 Å². The predicted octanol–water partition coefficient (Wildman–Crippen LogP) is 1.72. The molecule has 224 valence electrons. The number of methoxy groups -OCH3 is 3. The number of amides is 2. The molecule has 13 nitrogen and oxygen atoms in total. The Balaban J connectivity index is 1.89. The molecule has 5 rings (SSSR count). The Hall–Kier alpha value is -3.50. The first-order valence-electron chi connectivity index (χ1n) is 12.6. The number of carbonyl (C=O) groups excluding carboxylic acids is 2. The van der Waals surface area contributed by atoms with E-state index >= 15 is 4.79 Å². The zero-order valence-electron chi connectivity index (χ0n) is 23.3. The molecule has 2 aromatic heterocycles. The van der Waals surface area contributed by atoms with E-state index in [4.69, 9.17) is 25.8 Å². The third-order valence-electron chi connectivity index (χ3n) is 7.28. The summed E-state index contributed by atoms with van der Waals surface area (Å²) >= 11 is 7.36. The maximum atomic E-state index is 15.1. The van der Waals surface area contributed by atoms with Crippen LogP contribution in [0.4, 0.5) is 5.69 Å². The van der Waals surface area contributed by atoms with E-state index in [0.717, 1.165) is 11.3 Å². The fraction of sp³-hybridized carbons (Fsp3) is 0.385. The monoisotopic (exact) mass is 637 g/mol. The number of rotatable bonds is 8. The molecule has 0 spiro atoms. The largest absolute Gasteiger partial charge is 0.494 e. The fourth-order valence-corrected chi connectivity index (χ4v) is 8.53. The van der Waals surface area contributed by atoms with Gasteiger partial charge in [-0.05, 0) is 36.1 Å². The first kappa shape index (κ1) is 30.0. The lowest BCUT2D eigenvalue weighted by Crippen LogP contribution is -2.59. The highest BCUT2D eigenvalue weighted by molar-refractivity contribution is 7.95. The molecule has 42 heavy (non-hydrogen) atoms. The van der Waals surface area contributed by atoms with E-state index in [-0.39, 0.29) is 56.7 Å². The molecule has 4 heterocycles. The normalized spacial score (nSPS) is 22.3. The van der Waals surface area contributed by atoms with Crippen LogP contribution in [0.15, 0.2) is 40.1 Å². The number of thiophene rings is 1. The van der Waals surface area contributed by atoms with Gasteiger partial charge in [0.2, 0.25) is 11.8 Å². The quantitative estimate of drug-likeness (QED) is 0.384. The third kappa shape index (κ3) is 4.38. The van der Waals surface area contributed by atoms with Crippen LogP contribution < -0.4 is 18.5 Å². The van der Waals surface area contributed by atoms with Gasteiger partial charge in [-0.3, -0.25) is 14.5 Å². The number of hydrogen-bond acceptors (Lipinski definition) is 12. The van der Waals surface area contributed by atoms with Gasteiger partial charge in [-0.1, -0.05) is 11.6 Å². The number of ether oxygens (including phenoxy) is 3. The van der Waals surface area contributed by atoms with Crippen molar-refractivity contribution in [3.8, 4) is 17.6 Å². The van der Waals surface area contributed by atoms with E-state index < -0.39 is 39.5 Å². The molecule has 1 N–H and O–H groups in total. The Morgan fingerprint density at radius 1 is 1.17 bits per heavy atom. The van der Waals surface area contributed by atoms with E-state index in [1.165, 1.54) is 67.0 Å². The number of fused-ring (bicyclic) bond motifs is 1. The van der Waals surface area contributed by atoms with Crippen LogP contribution in [0.1, 0.15) is 17.5 Å². The SMILES string of the molecule is COc1ncc(C2(N3C[C@H](O)C[C@H]3C(=O)N(C)C)C(=O)N(S(=O)(=O)c3sccc3OC)c3ccc(Cl)cc32)c(OC)n1. The number of carbonyl (C=O) groups is 2. The summed E-state index contributed by atoms with van der Waals surface area (Å²) in [5.74, 6) is -1.42. The molecular weight excluding hydrogens is 610 g/mol. The topological polar surface area (TPSA) is 152 Å². The molecule has 2 aliphatic heterocycles. The number of nitrogens with zero attached hydrogens (tertiary/aromatic N) is 5. The molecule has 2 aliphatic rings. The Morgan fingerprint density at radius 3 is 2.55 bits per heavy atom. The molecule has 0 bridgehead atoms. The van der Waals surface area contributed by atoms with Gasteiger partial charge in [0.05, 0.1) is 44.7 Å². The highest BCUT2D eigenvalue weighted by Crippen LogP contribution is 2.55. The standard InChI is InChI=1S/C26H28ClN5O8S2/c1-30(2)22(34)19-11-15(33)13-31(19)26(17-12-28-25(40-5)29-21(17)39-4)16-10-14(27)6-7-18(16)32(24(26)35)42(36,37)23-20(38-3)8-9-41-23/h6-10,12,15,19,33H,11,13H2,1-5H3/t15-,19+,26?/m1/s1. The first-order valence-corrected chi connectivity index (χ1v) is 15.3. The second-order valence-corrected chi connectivity index (χ2v) is 13.1. The van der Waals surface area contributed by atoms with Gasteiger partial charge < -0.3 is 24.2 Å². The minimum absolute atomic E-state index is 0.00448. The van der Waals surface area contributed by atoms with Crippen LogP contribution in [0.3, 0.4) is 0 Å².